The lowest BCUT2D eigenvalue weighted by Crippen LogP contribution is -2.30. The fourth-order valence-electron chi connectivity index (χ4n) is 8.10. The molecule has 5 heterocycles. The molecule has 8 bridgehead atoms. The topological polar surface area (TPSA) is 134 Å². The fraction of sp³-hybridized carbons (Fsp3) is 0.255. The first-order chi connectivity index (χ1) is 30.1. The minimum atomic E-state index is -0.733. The number of methoxy groups -OCH3 is 1. The van der Waals surface area contributed by atoms with E-state index < -0.39 is 5.41 Å². The first kappa shape index (κ1) is 40.9. The van der Waals surface area contributed by atoms with E-state index in [4.69, 9.17) is 18.9 Å². The molecule has 4 aromatic carbocycles. The number of fused-ring (bicyclic) bond motifs is 20. The van der Waals surface area contributed by atoms with E-state index in [1.807, 2.05) is 32.9 Å². The van der Waals surface area contributed by atoms with Crippen molar-refractivity contribution in [3.05, 3.63) is 135 Å². The van der Waals surface area contributed by atoms with E-state index in [0.717, 1.165) is 87.3 Å². The van der Waals surface area contributed by atoms with Crippen LogP contribution in [0.25, 0.3) is 67.4 Å². The number of nitrogens with one attached hydrogen (secondary N) is 4. The first-order valence-electron chi connectivity index (χ1n) is 21.1. The van der Waals surface area contributed by atoms with E-state index in [0.29, 0.717) is 30.3 Å². The van der Waals surface area contributed by atoms with Crippen LogP contribution in [0, 0.1) is 5.41 Å². The van der Waals surface area contributed by atoms with Crippen LogP contribution >= 0.6 is 11.8 Å². The number of carbonyl (C=O) groups excluding carboxylic acids is 2. The van der Waals surface area contributed by atoms with Gasteiger partial charge in [0.2, 0.25) is 0 Å². The summed E-state index contributed by atoms with van der Waals surface area (Å²) in [7, 11) is 1.64. The molecule has 8 aromatic rings. The third-order valence-electron chi connectivity index (χ3n) is 11.6. The predicted octanol–water partition coefficient (Wildman–Crippen LogP) is 7.28. The molecule has 1 aliphatic rings. The highest BCUT2D eigenvalue weighted by molar-refractivity contribution is 7.99. The molecule has 1 aliphatic heterocycles. The minimum absolute atomic E-state index is 0.0420. The van der Waals surface area contributed by atoms with Gasteiger partial charge in [0.05, 0.1) is 24.5 Å². The number of hydrogen-bond donors (Lipinski definition) is 4. The zero-order chi connectivity index (χ0) is 42.8. The van der Waals surface area contributed by atoms with Crippen molar-refractivity contribution in [1.82, 2.24) is 19.9 Å². The van der Waals surface area contributed by atoms with Gasteiger partial charge in [0, 0.05) is 112 Å². The predicted molar refractivity (Wildman–Crippen MR) is 250 cm³/mol. The van der Waals surface area contributed by atoms with E-state index in [1.54, 1.807) is 7.11 Å². The average Bonchev–Trinajstić information content (AvgIpc) is 4.02. The summed E-state index contributed by atoms with van der Waals surface area (Å²) in [6, 6.07) is 31.5. The SMILES string of the molecule is COC(C)CCOC(=O)CCSCC(C)(C)C(=O)OCCOc1ccc2c3[nH]c(c2c1)=Cc1[nH]c(c2ccccc12)C=c1[nH]c(c2ccccc12)=Cc1[nH]c(c2ccccc12)C=3. The summed E-state index contributed by atoms with van der Waals surface area (Å²) in [5.41, 5.74) is 3.28. The molecule has 0 radical (unpaired) electrons. The van der Waals surface area contributed by atoms with Crippen molar-refractivity contribution in [2.45, 2.75) is 39.7 Å². The summed E-state index contributed by atoms with van der Waals surface area (Å²) in [5, 5.41) is 12.8. The maximum Gasteiger partial charge on any atom is 0.312 e. The summed E-state index contributed by atoms with van der Waals surface area (Å²) in [6.45, 7) is 6.28. The normalized spacial score (nSPS) is 13.0. The Bertz CT molecular complexity index is 3220. The van der Waals surface area contributed by atoms with Gasteiger partial charge in [0.1, 0.15) is 19.0 Å². The van der Waals surface area contributed by atoms with Crippen molar-refractivity contribution in [3.8, 4) is 5.75 Å². The van der Waals surface area contributed by atoms with Gasteiger partial charge in [-0.3, -0.25) is 9.59 Å². The van der Waals surface area contributed by atoms with Gasteiger partial charge >= 0.3 is 11.9 Å². The van der Waals surface area contributed by atoms with Crippen molar-refractivity contribution in [2.24, 2.45) is 5.41 Å². The van der Waals surface area contributed by atoms with Crippen LogP contribution in [0.3, 0.4) is 0 Å². The number of aromatic nitrogens is 4. The fourth-order valence-corrected chi connectivity index (χ4v) is 9.18. The van der Waals surface area contributed by atoms with Crippen LogP contribution in [0.4, 0.5) is 0 Å². The van der Waals surface area contributed by atoms with Crippen molar-refractivity contribution in [2.75, 3.05) is 38.4 Å². The Hall–Kier alpha value is -6.43. The monoisotopic (exact) mass is 846 g/mol. The largest absolute Gasteiger partial charge is 0.490 e. The molecular formula is C51H50N4O6S. The second-order valence-electron chi connectivity index (χ2n) is 16.5. The number of rotatable bonds is 14. The highest BCUT2D eigenvalue weighted by Gasteiger charge is 2.29. The number of thioether (sulfide) groups is 1. The molecule has 1 unspecified atom stereocenters. The van der Waals surface area contributed by atoms with Crippen molar-refractivity contribution < 1.29 is 28.5 Å². The number of aromatic amines is 4. The zero-order valence-electron chi connectivity index (χ0n) is 35.4. The molecule has 316 valence electrons. The van der Waals surface area contributed by atoms with E-state index in [9.17, 15) is 9.59 Å². The van der Waals surface area contributed by atoms with Gasteiger partial charge < -0.3 is 38.9 Å². The Kier molecular flexibility index (Phi) is 11.6. The van der Waals surface area contributed by atoms with Crippen LogP contribution < -0.4 is 26.1 Å². The van der Waals surface area contributed by atoms with E-state index in [2.05, 4.69) is 123 Å². The molecule has 0 fully saturated rings. The molecule has 4 N–H and O–H groups in total. The lowest BCUT2D eigenvalue weighted by Gasteiger charge is -2.22. The molecule has 10 nitrogen and oxygen atoms in total. The van der Waals surface area contributed by atoms with Gasteiger partial charge in [0.25, 0.3) is 0 Å². The average molecular weight is 847 g/mol. The van der Waals surface area contributed by atoms with Gasteiger partial charge in [-0.2, -0.15) is 11.8 Å². The maximum atomic E-state index is 13.1. The summed E-state index contributed by atoms with van der Waals surface area (Å²) in [5.74, 6) is 1.19. The summed E-state index contributed by atoms with van der Waals surface area (Å²) in [6.07, 6.45) is 9.76. The standard InChI is InChI=1S/C51H50N4O6S/c1-31(58-4)19-21-60-49(56)20-24-62-30-51(2,3)50(57)61-23-22-59-32-17-18-39-40(25-32)48-29-46-38-16-10-9-15-37(38)44(54-46)27-42-34-12-6-5-11-33(34)41(52-42)26-43-35-13-7-8-14-36(35)45(53-43)28-47(39)55-48/h5-18,25-29,31,52-55H,19-24,30H2,1-4H3. The summed E-state index contributed by atoms with van der Waals surface area (Å²) >= 11 is 1.53. The molecule has 11 heteroatoms. The van der Waals surface area contributed by atoms with Gasteiger partial charge in [-0.25, -0.2) is 0 Å². The Morgan fingerprint density at radius 2 is 1.08 bits per heavy atom. The maximum absolute atomic E-state index is 13.1. The van der Waals surface area contributed by atoms with E-state index in [-0.39, 0.29) is 37.7 Å². The number of H-pyrrole nitrogens is 4. The highest BCUT2D eigenvalue weighted by Crippen LogP contribution is 2.28. The lowest BCUT2D eigenvalue weighted by molar-refractivity contribution is -0.153. The van der Waals surface area contributed by atoms with Crippen molar-refractivity contribution in [3.63, 3.8) is 0 Å². The molecule has 9 rings (SSSR count). The molecule has 0 aliphatic carbocycles. The second kappa shape index (κ2) is 17.5. The second-order valence-corrected chi connectivity index (χ2v) is 17.6. The van der Waals surface area contributed by atoms with E-state index in [1.165, 1.54) is 11.8 Å². The molecule has 0 spiro atoms. The smallest absolute Gasteiger partial charge is 0.312 e. The molecular weight excluding hydrogens is 797 g/mol. The third kappa shape index (κ3) is 8.42. The van der Waals surface area contributed by atoms with Gasteiger partial charge in [0.15, 0.2) is 0 Å². The number of esters is 2. The molecule has 62 heavy (non-hydrogen) atoms. The van der Waals surface area contributed by atoms with Crippen LogP contribution in [-0.2, 0) is 23.8 Å². The van der Waals surface area contributed by atoms with Crippen LogP contribution in [-0.4, -0.2) is 76.4 Å². The van der Waals surface area contributed by atoms with Crippen LogP contribution in [0.5, 0.6) is 5.75 Å². The Morgan fingerprint density at radius 1 is 0.597 bits per heavy atom. The zero-order valence-corrected chi connectivity index (χ0v) is 36.2. The van der Waals surface area contributed by atoms with Crippen LogP contribution in [0.2, 0.25) is 0 Å². The number of carbonyl (C=O) groups is 2. The molecule has 0 amide bonds. The number of benzene rings is 4. The quantitative estimate of drug-likeness (QED) is 0.0668. The Morgan fingerprint density at radius 3 is 1.60 bits per heavy atom. The van der Waals surface area contributed by atoms with Crippen LogP contribution in [0.1, 0.15) is 56.4 Å². The van der Waals surface area contributed by atoms with Gasteiger partial charge in [-0.05, 0) is 63.3 Å². The van der Waals surface area contributed by atoms with E-state index >= 15 is 0 Å². The van der Waals surface area contributed by atoms with Crippen LogP contribution in [0.15, 0.2) is 91.0 Å². The van der Waals surface area contributed by atoms with Crippen molar-refractivity contribution in [1.29, 1.82) is 0 Å². The number of ether oxygens (including phenoxy) is 4. The summed E-state index contributed by atoms with van der Waals surface area (Å²) < 4.78 is 22.4. The third-order valence-corrected chi connectivity index (χ3v) is 13.0. The van der Waals surface area contributed by atoms with Gasteiger partial charge in [-0.15, -0.1) is 0 Å². The molecule has 0 saturated carbocycles. The first-order valence-corrected chi connectivity index (χ1v) is 22.2. The van der Waals surface area contributed by atoms with Gasteiger partial charge in [-0.1, -0.05) is 72.8 Å². The Labute approximate surface area is 362 Å². The number of hydrogen-bond acceptors (Lipinski definition) is 7. The lowest BCUT2D eigenvalue weighted by atomic mass is 9.97. The minimum Gasteiger partial charge on any atom is -0.490 e. The van der Waals surface area contributed by atoms with Crippen molar-refractivity contribution >= 4 is 91.1 Å². The Balaban J connectivity index is 0.993. The summed E-state index contributed by atoms with van der Waals surface area (Å²) in [4.78, 5) is 40.2. The molecule has 1 atom stereocenters. The highest BCUT2D eigenvalue weighted by atomic mass is 32.2. The molecule has 4 aromatic heterocycles. The molecule has 0 saturated heterocycles.